The van der Waals surface area contributed by atoms with Crippen LogP contribution in [0.15, 0.2) is 36.8 Å². The maximum Gasteiger partial charge on any atom is 0.417 e. The van der Waals surface area contributed by atoms with Crippen LogP contribution in [0.25, 0.3) is 0 Å². The quantitative estimate of drug-likeness (QED) is 0.925. The molecule has 0 amide bonds. The minimum atomic E-state index is -4.35. The Morgan fingerprint density at radius 3 is 2.37 bits per heavy atom. The van der Waals surface area contributed by atoms with Crippen molar-refractivity contribution in [1.82, 2.24) is 15.0 Å². The number of halogens is 3. The number of anilines is 1. The molecule has 2 aromatic heterocycles. The van der Waals surface area contributed by atoms with E-state index in [0.717, 1.165) is 12.3 Å². The van der Waals surface area contributed by atoms with Crippen molar-refractivity contribution in [1.29, 1.82) is 0 Å². The molecular formula is C12H11F3N4. The molecule has 0 spiro atoms. The first-order valence-corrected chi connectivity index (χ1v) is 5.59. The second-order valence-corrected chi connectivity index (χ2v) is 3.79. The average molecular weight is 268 g/mol. The van der Waals surface area contributed by atoms with Crippen molar-refractivity contribution in [2.45, 2.75) is 12.6 Å². The van der Waals surface area contributed by atoms with Crippen LogP contribution in [0.3, 0.4) is 0 Å². The summed E-state index contributed by atoms with van der Waals surface area (Å²) in [5.74, 6) is 0.481. The Hall–Kier alpha value is -2.18. The van der Waals surface area contributed by atoms with Crippen LogP contribution in [-0.4, -0.2) is 21.5 Å². The van der Waals surface area contributed by atoms with Gasteiger partial charge in [-0.05, 0) is 18.2 Å². The third-order valence-electron chi connectivity index (χ3n) is 2.38. The number of hydrogen-bond donors (Lipinski definition) is 1. The summed E-state index contributed by atoms with van der Waals surface area (Å²) < 4.78 is 37.0. The van der Waals surface area contributed by atoms with E-state index in [0.29, 0.717) is 24.6 Å². The monoisotopic (exact) mass is 268 g/mol. The zero-order valence-corrected chi connectivity index (χ0v) is 9.85. The van der Waals surface area contributed by atoms with Crippen LogP contribution in [0.1, 0.15) is 11.3 Å². The zero-order chi connectivity index (χ0) is 13.7. The molecule has 0 radical (unpaired) electrons. The molecule has 0 aliphatic heterocycles. The Balaban J connectivity index is 1.87. The normalized spacial score (nSPS) is 11.3. The van der Waals surface area contributed by atoms with Gasteiger partial charge in [-0.2, -0.15) is 13.2 Å². The van der Waals surface area contributed by atoms with E-state index in [2.05, 4.69) is 20.3 Å². The SMILES string of the molecule is FC(F)(F)c1ccc(CCNc2ncccn2)nc1. The van der Waals surface area contributed by atoms with E-state index in [1.807, 2.05) is 0 Å². The maximum atomic E-state index is 12.3. The van der Waals surface area contributed by atoms with Crippen molar-refractivity contribution in [3.63, 3.8) is 0 Å². The number of nitrogens with one attached hydrogen (secondary N) is 1. The summed E-state index contributed by atoms with van der Waals surface area (Å²) in [5, 5.41) is 2.95. The molecule has 0 aromatic carbocycles. The molecule has 2 heterocycles. The molecule has 0 atom stereocenters. The van der Waals surface area contributed by atoms with E-state index < -0.39 is 11.7 Å². The summed E-state index contributed by atoms with van der Waals surface area (Å²) in [6.07, 6.45) is 0.198. The largest absolute Gasteiger partial charge is 0.417 e. The van der Waals surface area contributed by atoms with Crippen molar-refractivity contribution < 1.29 is 13.2 Å². The maximum absolute atomic E-state index is 12.3. The van der Waals surface area contributed by atoms with Crippen molar-refractivity contribution in [3.05, 3.63) is 48.0 Å². The van der Waals surface area contributed by atoms with Gasteiger partial charge in [0, 0.05) is 37.3 Å². The van der Waals surface area contributed by atoms with E-state index >= 15 is 0 Å². The molecular weight excluding hydrogens is 257 g/mol. The van der Waals surface area contributed by atoms with Gasteiger partial charge in [-0.1, -0.05) is 0 Å². The van der Waals surface area contributed by atoms with Crippen LogP contribution >= 0.6 is 0 Å². The summed E-state index contributed by atoms with van der Waals surface area (Å²) >= 11 is 0. The smallest absolute Gasteiger partial charge is 0.354 e. The highest BCUT2D eigenvalue weighted by molar-refractivity contribution is 5.23. The van der Waals surface area contributed by atoms with Crippen LogP contribution in [0.4, 0.5) is 19.1 Å². The van der Waals surface area contributed by atoms with Gasteiger partial charge in [0.1, 0.15) is 0 Å². The highest BCUT2D eigenvalue weighted by atomic mass is 19.4. The minimum Gasteiger partial charge on any atom is -0.354 e. The number of pyridine rings is 1. The predicted octanol–water partition coefficient (Wildman–Crippen LogP) is 2.54. The van der Waals surface area contributed by atoms with Crippen molar-refractivity contribution in [3.8, 4) is 0 Å². The first-order chi connectivity index (χ1) is 9.05. The Morgan fingerprint density at radius 2 is 1.79 bits per heavy atom. The van der Waals surface area contributed by atoms with E-state index in [1.165, 1.54) is 6.07 Å². The van der Waals surface area contributed by atoms with Crippen molar-refractivity contribution in [2.24, 2.45) is 0 Å². The molecule has 19 heavy (non-hydrogen) atoms. The number of rotatable bonds is 4. The Kier molecular flexibility index (Phi) is 3.94. The van der Waals surface area contributed by atoms with Gasteiger partial charge in [-0.3, -0.25) is 4.98 Å². The lowest BCUT2D eigenvalue weighted by molar-refractivity contribution is -0.137. The van der Waals surface area contributed by atoms with Crippen LogP contribution in [0, 0.1) is 0 Å². The lowest BCUT2D eigenvalue weighted by atomic mass is 10.2. The molecule has 0 saturated heterocycles. The minimum absolute atomic E-state index is 0.481. The fourth-order valence-corrected chi connectivity index (χ4v) is 1.43. The lowest BCUT2D eigenvalue weighted by Gasteiger charge is -2.07. The Labute approximate surface area is 107 Å². The molecule has 0 bridgehead atoms. The number of nitrogens with zero attached hydrogens (tertiary/aromatic N) is 3. The number of aromatic nitrogens is 3. The van der Waals surface area contributed by atoms with Gasteiger partial charge in [-0.15, -0.1) is 0 Å². The molecule has 4 nitrogen and oxygen atoms in total. The first-order valence-electron chi connectivity index (χ1n) is 5.59. The fourth-order valence-electron chi connectivity index (χ4n) is 1.43. The summed E-state index contributed by atoms with van der Waals surface area (Å²) in [6.45, 7) is 0.502. The highest BCUT2D eigenvalue weighted by Crippen LogP contribution is 2.28. The lowest BCUT2D eigenvalue weighted by Crippen LogP contribution is -2.10. The third-order valence-corrected chi connectivity index (χ3v) is 2.38. The summed E-state index contributed by atoms with van der Waals surface area (Å²) in [7, 11) is 0. The predicted molar refractivity (Wildman–Crippen MR) is 63.5 cm³/mol. The standard InChI is InChI=1S/C12H11F3N4/c13-12(14,15)9-2-3-10(19-8-9)4-7-18-11-16-5-1-6-17-11/h1-3,5-6,8H,4,7H2,(H,16,17,18). The Bertz CT molecular complexity index is 511. The second kappa shape index (κ2) is 5.64. The molecule has 7 heteroatoms. The fraction of sp³-hybridized carbons (Fsp3) is 0.250. The summed E-state index contributed by atoms with van der Waals surface area (Å²) in [6, 6.07) is 4.10. The van der Waals surface area contributed by atoms with E-state index in [4.69, 9.17) is 0 Å². The molecule has 0 fully saturated rings. The van der Waals surface area contributed by atoms with Crippen LogP contribution in [-0.2, 0) is 12.6 Å². The average Bonchev–Trinajstić information content (AvgIpc) is 2.39. The van der Waals surface area contributed by atoms with Gasteiger partial charge in [0.15, 0.2) is 0 Å². The van der Waals surface area contributed by atoms with Gasteiger partial charge in [0.25, 0.3) is 0 Å². The molecule has 2 rings (SSSR count). The molecule has 0 unspecified atom stereocenters. The van der Waals surface area contributed by atoms with Crippen LogP contribution in [0.2, 0.25) is 0 Å². The topological polar surface area (TPSA) is 50.7 Å². The molecule has 2 aromatic rings. The van der Waals surface area contributed by atoms with Crippen molar-refractivity contribution >= 4 is 5.95 Å². The van der Waals surface area contributed by atoms with Crippen molar-refractivity contribution in [2.75, 3.05) is 11.9 Å². The second-order valence-electron chi connectivity index (χ2n) is 3.79. The Morgan fingerprint density at radius 1 is 1.05 bits per heavy atom. The summed E-state index contributed by atoms with van der Waals surface area (Å²) in [4.78, 5) is 11.7. The molecule has 0 aliphatic rings. The van der Waals surface area contributed by atoms with Gasteiger partial charge in [0.2, 0.25) is 5.95 Å². The highest BCUT2D eigenvalue weighted by Gasteiger charge is 2.30. The third kappa shape index (κ3) is 3.90. The van der Waals surface area contributed by atoms with Gasteiger partial charge in [0.05, 0.1) is 5.56 Å². The van der Waals surface area contributed by atoms with Gasteiger partial charge in [-0.25, -0.2) is 9.97 Å². The van der Waals surface area contributed by atoms with Crippen LogP contribution in [0.5, 0.6) is 0 Å². The van der Waals surface area contributed by atoms with Gasteiger partial charge < -0.3 is 5.32 Å². The van der Waals surface area contributed by atoms with E-state index in [-0.39, 0.29) is 0 Å². The number of hydrogen-bond acceptors (Lipinski definition) is 4. The van der Waals surface area contributed by atoms with E-state index in [1.54, 1.807) is 18.5 Å². The molecule has 1 N–H and O–H groups in total. The molecule has 0 aliphatic carbocycles. The van der Waals surface area contributed by atoms with E-state index in [9.17, 15) is 13.2 Å². The zero-order valence-electron chi connectivity index (χ0n) is 9.85. The molecule has 100 valence electrons. The van der Waals surface area contributed by atoms with Gasteiger partial charge >= 0.3 is 6.18 Å². The number of alkyl halides is 3. The molecule has 0 saturated carbocycles. The van der Waals surface area contributed by atoms with Crippen LogP contribution < -0.4 is 5.32 Å². The summed E-state index contributed by atoms with van der Waals surface area (Å²) in [5.41, 5.74) is -0.160. The first kappa shape index (κ1) is 13.3.